The van der Waals surface area contributed by atoms with Crippen molar-refractivity contribution in [2.24, 2.45) is 5.92 Å². The molecular formula is C29H26F7O10PS2. The van der Waals surface area contributed by atoms with Gasteiger partial charge in [-0.05, 0) is 29.5 Å². The molecule has 0 radical (unpaired) electrons. The first kappa shape index (κ1) is 38.6. The number of carbonyl (C=O) groups excluding carboxylic acids is 3. The molecule has 10 nitrogen and oxygen atoms in total. The van der Waals surface area contributed by atoms with Crippen LogP contribution in [0, 0.1) is 35.0 Å². The summed E-state index contributed by atoms with van der Waals surface area (Å²) < 4.78 is 143. The quantitative estimate of drug-likeness (QED) is 0.0230. The van der Waals surface area contributed by atoms with E-state index in [0.717, 1.165) is 36.0 Å². The summed E-state index contributed by atoms with van der Waals surface area (Å²) in [6.07, 6.45) is -1.41. The Kier molecular flexibility index (Phi) is 12.8. The van der Waals surface area contributed by atoms with Crippen LogP contribution in [0.5, 0.6) is 5.75 Å². The number of fused-ring (bicyclic) bond motifs is 1. The average molecular weight is 763 g/mol. The van der Waals surface area contributed by atoms with Crippen molar-refractivity contribution in [2.75, 3.05) is 32.4 Å². The van der Waals surface area contributed by atoms with E-state index in [1.165, 1.54) is 0 Å². The molecule has 1 aromatic heterocycles. The number of hydrogen-bond donors (Lipinski definition) is 0. The van der Waals surface area contributed by atoms with E-state index in [1.807, 2.05) is 0 Å². The van der Waals surface area contributed by atoms with Crippen LogP contribution in [-0.4, -0.2) is 55.7 Å². The number of ether oxygens (including phenoxy) is 4. The van der Waals surface area contributed by atoms with E-state index in [-0.39, 0.29) is 39.9 Å². The molecule has 0 aliphatic carbocycles. The van der Waals surface area contributed by atoms with E-state index in [0.29, 0.717) is 24.4 Å². The van der Waals surface area contributed by atoms with Gasteiger partial charge < -0.3 is 23.5 Å². The minimum atomic E-state index is -5.57. The standard InChI is InChI=1S/C29H26F7O10PS2/c1-14(2)9-20(37)48-8-7-43-47(40,44-13-42-28(39)45-17-5-6-41-12-17)29(35,36)16-3-4-18-15(10-16)11-19(49-18)27(38)46-26-24(33)22(31)21(30)23(32)25(26)34/h3-4,10-11,14,17H,5-9,12-13H2,1-2H3. The molecule has 2 aromatic carbocycles. The molecule has 268 valence electrons. The van der Waals surface area contributed by atoms with Crippen LogP contribution in [0.3, 0.4) is 0 Å². The van der Waals surface area contributed by atoms with Gasteiger partial charge in [0, 0.05) is 28.9 Å². The maximum atomic E-state index is 15.9. The van der Waals surface area contributed by atoms with Crippen molar-refractivity contribution in [2.45, 2.75) is 38.5 Å². The highest BCUT2D eigenvalue weighted by atomic mass is 32.2. The van der Waals surface area contributed by atoms with E-state index in [9.17, 15) is 40.9 Å². The Hall–Kier alpha value is -3.22. The van der Waals surface area contributed by atoms with Crippen LogP contribution in [0.15, 0.2) is 24.3 Å². The summed E-state index contributed by atoms with van der Waals surface area (Å²) in [5, 5.41) is -0.382. The molecule has 2 atom stereocenters. The number of carbonyl (C=O) groups is 3. The lowest BCUT2D eigenvalue weighted by molar-refractivity contribution is -0.111. The maximum Gasteiger partial charge on any atom is 0.510 e. The van der Waals surface area contributed by atoms with Gasteiger partial charge in [0.1, 0.15) is 11.0 Å². The minimum absolute atomic E-state index is 0.0259. The number of rotatable bonds is 14. The van der Waals surface area contributed by atoms with Gasteiger partial charge in [-0.1, -0.05) is 31.7 Å². The van der Waals surface area contributed by atoms with Gasteiger partial charge in [-0.25, -0.2) is 22.8 Å². The fourth-order valence-corrected chi connectivity index (χ4v) is 7.40. The lowest BCUT2D eigenvalue weighted by Gasteiger charge is -2.26. The number of hydrogen-bond acceptors (Lipinski definition) is 12. The first-order valence-corrected chi connectivity index (χ1v) is 17.5. The van der Waals surface area contributed by atoms with E-state index < -0.39 is 90.2 Å². The molecule has 1 fully saturated rings. The number of thioether (sulfide) groups is 1. The van der Waals surface area contributed by atoms with Crippen LogP contribution < -0.4 is 4.74 Å². The highest BCUT2D eigenvalue weighted by Crippen LogP contribution is 2.67. The number of alkyl halides is 2. The molecule has 0 N–H and O–H groups in total. The maximum absolute atomic E-state index is 15.9. The van der Waals surface area contributed by atoms with Gasteiger partial charge in [-0.2, -0.15) is 17.6 Å². The molecule has 2 heterocycles. The van der Waals surface area contributed by atoms with Crippen LogP contribution in [0.2, 0.25) is 0 Å². The Morgan fingerprint density at radius 1 is 1.02 bits per heavy atom. The zero-order chi connectivity index (χ0) is 36.1. The highest BCUT2D eigenvalue weighted by Gasteiger charge is 2.55. The summed E-state index contributed by atoms with van der Waals surface area (Å²) in [4.78, 5) is 36.0. The fraction of sp³-hybridized carbons (Fsp3) is 0.414. The Balaban J connectivity index is 1.54. The molecule has 0 saturated carbocycles. The second-order valence-corrected chi connectivity index (χ2v) is 14.9. The largest absolute Gasteiger partial charge is 0.510 e. The summed E-state index contributed by atoms with van der Waals surface area (Å²) in [6, 6.07) is 3.55. The van der Waals surface area contributed by atoms with E-state index in [4.69, 9.17) is 18.5 Å². The Morgan fingerprint density at radius 2 is 1.69 bits per heavy atom. The molecule has 49 heavy (non-hydrogen) atoms. The SMILES string of the molecule is CC(C)CC(=O)SCCOP(=O)(OCOC(=O)OC1CCOC1)C(F)(F)c1ccc2sc(C(=O)Oc3c(F)c(F)c(F)c(F)c3F)cc2c1. The molecule has 20 heteroatoms. The molecule has 3 aromatic rings. The van der Waals surface area contributed by atoms with Crippen molar-refractivity contribution in [3.63, 3.8) is 0 Å². The number of esters is 1. The zero-order valence-electron chi connectivity index (χ0n) is 25.4. The molecule has 2 unspecified atom stereocenters. The number of thiophene rings is 1. The van der Waals surface area contributed by atoms with Crippen molar-refractivity contribution in [1.82, 2.24) is 0 Å². The number of benzene rings is 2. The minimum Gasteiger partial charge on any atom is -0.428 e. The Labute approximate surface area is 281 Å². The van der Waals surface area contributed by atoms with Gasteiger partial charge in [0.2, 0.25) is 41.6 Å². The fourth-order valence-electron chi connectivity index (χ4n) is 4.13. The smallest absolute Gasteiger partial charge is 0.428 e. The molecule has 1 aliphatic heterocycles. The normalized spacial score (nSPS) is 16.2. The first-order valence-electron chi connectivity index (χ1n) is 14.2. The predicted octanol–water partition coefficient (Wildman–Crippen LogP) is 8.30. The van der Waals surface area contributed by atoms with Gasteiger partial charge in [-0.15, -0.1) is 11.3 Å². The van der Waals surface area contributed by atoms with Gasteiger partial charge in [0.05, 0.1) is 19.8 Å². The molecule has 1 saturated heterocycles. The van der Waals surface area contributed by atoms with Crippen LogP contribution in [0.1, 0.15) is 41.9 Å². The summed E-state index contributed by atoms with van der Waals surface area (Å²) in [6.45, 7) is 2.07. The van der Waals surface area contributed by atoms with Crippen LogP contribution >= 0.6 is 30.7 Å². The Morgan fingerprint density at radius 3 is 2.33 bits per heavy atom. The summed E-state index contributed by atoms with van der Waals surface area (Å²) in [5.74, 6) is -15.6. The molecule has 0 spiro atoms. The van der Waals surface area contributed by atoms with Gasteiger partial charge >= 0.3 is 25.4 Å². The third-order valence-electron chi connectivity index (χ3n) is 6.51. The lowest BCUT2D eigenvalue weighted by Crippen LogP contribution is -2.22. The molecule has 0 bridgehead atoms. The molecular weight excluding hydrogens is 736 g/mol. The second kappa shape index (κ2) is 16.2. The predicted molar refractivity (Wildman–Crippen MR) is 160 cm³/mol. The van der Waals surface area contributed by atoms with Crippen LogP contribution in [0.4, 0.5) is 35.5 Å². The van der Waals surface area contributed by atoms with E-state index >= 15 is 8.78 Å². The van der Waals surface area contributed by atoms with Gasteiger partial charge in [-0.3, -0.25) is 13.9 Å². The molecule has 4 rings (SSSR count). The van der Waals surface area contributed by atoms with E-state index in [2.05, 4.69) is 9.47 Å². The summed E-state index contributed by atoms with van der Waals surface area (Å²) >= 11 is 1.31. The molecule has 0 amide bonds. The second-order valence-electron chi connectivity index (χ2n) is 10.6. The third kappa shape index (κ3) is 9.12. The zero-order valence-corrected chi connectivity index (χ0v) is 27.9. The van der Waals surface area contributed by atoms with Crippen LogP contribution in [-0.2, 0) is 38.3 Å². The third-order valence-corrected chi connectivity index (χ3v) is 10.4. The van der Waals surface area contributed by atoms with Crippen molar-refractivity contribution in [3.8, 4) is 5.75 Å². The monoisotopic (exact) mass is 762 g/mol. The van der Waals surface area contributed by atoms with Gasteiger partial charge in [0.15, 0.2) is 5.12 Å². The van der Waals surface area contributed by atoms with Gasteiger partial charge in [0.25, 0.3) is 0 Å². The topological polar surface area (TPSA) is 124 Å². The van der Waals surface area contributed by atoms with Crippen molar-refractivity contribution < 1.29 is 77.7 Å². The van der Waals surface area contributed by atoms with Crippen molar-refractivity contribution in [1.29, 1.82) is 0 Å². The summed E-state index contributed by atoms with van der Waals surface area (Å²) in [5.41, 5.74) is -5.42. The van der Waals surface area contributed by atoms with Crippen LogP contribution in [0.25, 0.3) is 10.1 Å². The molecule has 1 aliphatic rings. The van der Waals surface area contributed by atoms with Crippen molar-refractivity contribution in [3.05, 3.63) is 63.8 Å². The van der Waals surface area contributed by atoms with E-state index in [1.54, 1.807) is 13.8 Å². The number of halogens is 7. The lowest BCUT2D eigenvalue weighted by atomic mass is 10.1. The van der Waals surface area contributed by atoms with Crippen molar-refractivity contribution >= 4 is 58.0 Å². The first-order chi connectivity index (χ1) is 23.0. The summed E-state index contributed by atoms with van der Waals surface area (Å²) in [7, 11) is -5.57. The highest BCUT2D eigenvalue weighted by molar-refractivity contribution is 8.13. The average Bonchev–Trinajstić information content (AvgIpc) is 3.72. The Bertz CT molecular complexity index is 1740.